The Bertz CT molecular complexity index is 2020. The van der Waals surface area contributed by atoms with E-state index in [-0.39, 0.29) is 21.8 Å². The van der Waals surface area contributed by atoms with Crippen molar-refractivity contribution in [3.8, 4) is 0 Å². The molecule has 180 valence electrons. The maximum absolute atomic E-state index is 13.3. The molecular formula is C34H22N2O2. The minimum Gasteiger partial charge on any atom is -0.316 e. The molecule has 4 nitrogen and oxygen atoms in total. The van der Waals surface area contributed by atoms with Crippen LogP contribution in [0, 0.1) is 0 Å². The van der Waals surface area contributed by atoms with E-state index in [1.54, 1.807) is 12.2 Å². The third-order valence-corrected chi connectivity index (χ3v) is 7.19. The summed E-state index contributed by atoms with van der Waals surface area (Å²) < 4.78 is 0. The Morgan fingerprint density at radius 1 is 0.421 bits per heavy atom. The Morgan fingerprint density at radius 2 is 0.711 bits per heavy atom. The van der Waals surface area contributed by atoms with Gasteiger partial charge < -0.3 is 9.97 Å². The van der Waals surface area contributed by atoms with E-state index < -0.39 is 0 Å². The predicted octanol–water partition coefficient (Wildman–Crippen LogP) is 5.33. The Balaban J connectivity index is 1.50. The monoisotopic (exact) mass is 490 g/mol. The van der Waals surface area contributed by atoms with Crippen molar-refractivity contribution < 1.29 is 0 Å². The zero-order valence-electron chi connectivity index (χ0n) is 20.4. The number of fused-ring (bicyclic) bond motifs is 4. The van der Waals surface area contributed by atoms with Crippen molar-refractivity contribution >= 4 is 55.2 Å². The van der Waals surface area contributed by atoms with E-state index in [1.807, 2.05) is 72.8 Å². The quantitative estimate of drug-likeness (QED) is 0.322. The molecule has 7 aromatic rings. The van der Waals surface area contributed by atoms with E-state index in [4.69, 9.17) is 0 Å². The van der Waals surface area contributed by atoms with Gasteiger partial charge in [0.2, 0.25) is 0 Å². The molecule has 0 bridgehead atoms. The van der Waals surface area contributed by atoms with Crippen molar-refractivity contribution in [3.63, 3.8) is 0 Å². The maximum atomic E-state index is 13.3. The molecule has 0 saturated heterocycles. The van der Waals surface area contributed by atoms with E-state index >= 15 is 0 Å². The number of hydrogen-bond donors (Lipinski definition) is 2. The minimum atomic E-state index is -0.350. The van der Waals surface area contributed by atoms with Crippen LogP contribution in [0.4, 0.5) is 0 Å². The highest BCUT2D eigenvalue weighted by atomic mass is 16.1. The lowest BCUT2D eigenvalue weighted by molar-refractivity contribution is 1.00. The average molecular weight is 491 g/mol. The summed E-state index contributed by atoms with van der Waals surface area (Å²) in [5.41, 5.74) is 1.10. The Labute approximate surface area is 216 Å². The summed E-state index contributed by atoms with van der Waals surface area (Å²) in [7, 11) is 0. The molecule has 1 aromatic heterocycles. The molecule has 2 N–H and O–H groups in total. The van der Waals surface area contributed by atoms with Gasteiger partial charge in [-0.15, -0.1) is 0 Å². The zero-order valence-corrected chi connectivity index (χ0v) is 20.4. The summed E-state index contributed by atoms with van der Waals surface area (Å²) in [4.78, 5) is 32.3. The molecular weight excluding hydrogens is 468 g/mol. The topological polar surface area (TPSA) is 65.7 Å². The molecule has 0 unspecified atom stereocenters. The molecule has 0 spiro atoms. The fourth-order valence-electron chi connectivity index (χ4n) is 5.39. The van der Waals surface area contributed by atoms with Crippen LogP contribution in [0.5, 0.6) is 0 Å². The molecule has 0 aliphatic heterocycles. The largest absolute Gasteiger partial charge is 0.316 e. The summed E-state index contributed by atoms with van der Waals surface area (Å²) in [6, 6.07) is 36.5. The van der Waals surface area contributed by atoms with Crippen molar-refractivity contribution in [1.82, 2.24) is 9.97 Å². The van der Waals surface area contributed by atoms with Crippen LogP contribution in [0.2, 0.25) is 0 Å². The van der Waals surface area contributed by atoms with Gasteiger partial charge in [-0.3, -0.25) is 9.59 Å². The van der Waals surface area contributed by atoms with E-state index in [0.717, 1.165) is 54.2 Å². The first-order valence-corrected chi connectivity index (χ1v) is 12.5. The summed E-state index contributed by atoms with van der Waals surface area (Å²) in [5, 5.41) is 8.80. The van der Waals surface area contributed by atoms with Crippen molar-refractivity contribution in [2.75, 3.05) is 0 Å². The predicted molar refractivity (Wildman–Crippen MR) is 157 cm³/mol. The second-order valence-electron chi connectivity index (χ2n) is 9.49. The number of hydrogen-bond acceptors (Lipinski definition) is 2. The van der Waals surface area contributed by atoms with Crippen LogP contribution in [-0.2, 0) is 0 Å². The van der Waals surface area contributed by atoms with Gasteiger partial charge in [0.1, 0.15) is 10.7 Å². The number of aromatic nitrogens is 2. The lowest BCUT2D eigenvalue weighted by Crippen LogP contribution is -2.46. The molecule has 6 aromatic carbocycles. The van der Waals surface area contributed by atoms with Crippen molar-refractivity contribution in [2.24, 2.45) is 0 Å². The van der Waals surface area contributed by atoms with Crippen LogP contribution in [0.3, 0.4) is 0 Å². The van der Waals surface area contributed by atoms with Crippen molar-refractivity contribution in [2.45, 2.75) is 0 Å². The van der Waals surface area contributed by atoms with Crippen LogP contribution in [0.1, 0.15) is 11.1 Å². The second kappa shape index (κ2) is 8.71. The fourth-order valence-corrected chi connectivity index (χ4v) is 5.39. The van der Waals surface area contributed by atoms with Crippen LogP contribution in [0.15, 0.2) is 119 Å². The van der Waals surface area contributed by atoms with Crippen LogP contribution in [-0.4, -0.2) is 9.97 Å². The van der Waals surface area contributed by atoms with Gasteiger partial charge in [-0.25, -0.2) is 0 Å². The molecule has 1 heterocycles. The van der Waals surface area contributed by atoms with Crippen LogP contribution < -0.4 is 21.8 Å². The van der Waals surface area contributed by atoms with Gasteiger partial charge in [-0.2, -0.15) is 0 Å². The zero-order chi connectivity index (χ0) is 25.6. The van der Waals surface area contributed by atoms with Gasteiger partial charge in [0.15, 0.2) is 0 Å². The molecule has 0 aliphatic rings. The molecule has 0 amide bonds. The summed E-state index contributed by atoms with van der Waals surface area (Å²) in [5.74, 6) is 0. The first-order chi connectivity index (χ1) is 18.7. The highest BCUT2D eigenvalue weighted by molar-refractivity contribution is 6.07. The van der Waals surface area contributed by atoms with Gasteiger partial charge in [-0.1, -0.05) is 97.1 Å². The maximum Gasteiger partial charge on any atom is 0.272 e. The van der Waals surface area contributed by atoms with Gasteiger partial charge in [0.05, 0.1) is 0 Å². The van der Waals surface area contributed by atoms with Gasteiger partial charge in [0, 0.05) is 0 Å². The number of benzene rings is 6. The normalized spacial score (nSPS) is 12.7. The molecule has 4 heteroatoms. The highest BCUT2D eigenvalue weighted by Gasteiger charge is 2.08. The van der Waals surface area contributed by atoms with Gasteiger partial charge in [0.25, 0.3) is 11.1 Å². The first kappa shape index (κ1) is 22.0. The van der Waals surface area contributed by atoms with Crippen molar-refractivity contribution in [1.29, 1.82) is 0 Å². The molecule has 0 atom stereocenters. The van der Waals surface area contributed by atoms with E-state index in [9.17, 15) is 9.59 Å². The number of nitrogens with one attached hydrogen (secondary N) is 2. The van der Waals surface area contributed by atoms with E-state index in [1.165, 1.54) is 0 Å². The number of H-pyrrole nitrogens is 2. The molecule has 0 saturated carbocycles. The SMILES string of the molecule is O=c1[nH]c(=Cc2c3ccccc3cc3ccccc23)c(=O)[nH]c1=Cc1c2ccccc2cc2ccccc12. The smallest absolute Gasteiger partial charge is 0.272 e. The standard InChI is InChI=1S/C34H22N2O2/c37-33-31(19-29-25-13-5-1-9-21(25)17-22-10-2-6-14-26(22)29)35-34(38)32(36-33)20-30-27-15-7-3-11-23(27)18-24-12-4-8-16-28(24)30/h1-20H,(H,35,38)(H,36,37). The molecule has 0 aliphatic carbocycles. The molecule has 0 fully saturated rings. The minimum absolute atomic E-state index is 0.219. The fraction of sp³-hybridized carbons (Fsp3) is 0. The summed E-state index contributed by atoms with van der Waals surface area (Å²) >= 11 is 0. The Kier molecular flexibility index (Phi) is 5.05. The third-order valence-electron chi connectivity index (χ3n) is 7.19. The molecule has 7 rings (SSSR count). The lowest BCUT2D eigenvalue weighted by Gasteiger charge is -2.08. The van der Waals surface area contributed by atoms with E-state index in [2.05, 4.69) is 46.4 Å². The van der Waals surface area contributed by atoms with Gasteiger partial charge in [-0.05, 0) is 78.5 Å². The van der Waals surface area contributed by atoms with Gasteiger partial charge >= 0.3 is 0 Å². The number of aromatic amines is 2. The Hall–Kier alpha value is -5.22. The molecule has 38 heavy (non-hydrogen) atoms. The lowest BCUT2D eigenvalue weighted by atomic mass is 9.96. The van der Waals surface area contributed by atoms with E-state index in [0.29, 0.717) is 0 Å². The average Bonchev–Trinajstić information content (AvgIpc) is 2.95. The molecule has 0 radical (unpaired) electrons. The summed E-state index contributed by atoms with van der Waals surface area (Å²) in [6.45, 7) is 0. The van der Waals surface area contributed by atoms with Crippen molar-refractivity contribution in [3.05, 3.63) is 152 Å². The second-order valence-corrected chi connectivity index (χ2v) is 9.49. The number of rotatable bonds is 2. The van der Waals surface area contributed by atoms with Crippen LogP contribution >= 0.6 is 0 Å². The Morgan fingerprint density at radius 3 is 1.03 bits per heavy atom. The first-order valence-electron chi connectivity index (χ1n) is 12.5. The van der Waals surface area contributed by atoms with Crippen LogP contribution in [0.25, 0.3) is 55.2 Å². The summed E-state index contributed by atoms with van der Waals surface area (Å²) in [6.07, 6.45) is 3.56. The third kappa shape index (κ3) is 3.62. The highest BCUT2D eigenvalue weighted by Crippen LogP contribution is 2.30.